The summed E-state index contributed by atoms with van der Waals surface area (Å²) in [6.07, 6.45) is 0. The fourth-order valence-corrected chi connectivity index (χ4v) is 2.85. The van der Waals surface area contributed by atoms with Gasteiger partial charge in [-0.2, -0.15) is 0 Å². The molecule has 4 heteroatoms. The molecule has 0 aliphatic carbocycles. The predicted octanol–water partition coefficient (Wildman–Crippen LogP) is 4.92. The van der Waals surface area contributed by atoms with Crippen molar-refractivity contribution in [3.63, 3.8) is 0 Å². The second-order valence-electron chi connectivity index (χ2n) is 6.58. The largest absolute Gasteiger partial charge is 0.489 e. The molecule has 0 unspecified atom stereocenters. The number of esters is 1. The van der Waals surface area contributed by atoms with Crippen LogP contribution in [0.4, 0.5) is 0 Å². The average Bonchev–Trinajstić information content (AvgIpc) is 2.73. The second kappa shape index (κ2) is 9.00. The summed E-state index contributed by atoms with van der Waals surface area (Å²) < 4.78 is 11.0. The highest BCUT2D eigenvalue weighted by atomic mass is 16.5. The van der Waals surface area contributed by atoms with Crippen molar-refractivity contribution in [2.24, 2.45) is 0 Å². The molecule has 3 aromatic rings. The number of aryl methyl sites for hydroxylation is 2. The molecule has 0 saturated heterocycles. The van der Waals surface area contributed by atoms with Gasteiger partial charge in [0.25, 0.3) is 0 Å². The number of rotatable bonds is 7. The Bertz CT molecular complexity index is 977. The van der Waals surface area contributed by atoms with E-state index < -0.39 is 5.97 Å². The summed E-state index contributed by atoms with van der Waals surface area (Å²) in [7, 11) is 0. The van der Waals surface area contributed by atoms with E-state index >= 15 is 0 Å². The van der Waals surface area contributed by atoms with Gasteiger partial charge in [0.2, 0.25) is 5.78 Å². The second-order valence-corrected chi connectivity index (χ2v) is 6.58. The third-order valence-corrected chi connectivity index (χ3v) is 4.40. The first kappa shape index (κ1) is 19.4. The summed E-state index contributed by atoms with van der Waals surface area (Å²) in [5.41, 5.74) is 3.53. The minimum atomic E-state index is -0.536. The number of hydrogen-bond acceptors (Lipinski definition) is 4. The smallest absolute Gasteiger partial charge is 0.338 e. The number of ether oxygens (including phenoxy) is 2. The first-order valence-corrected chi connectivity index (χ1v) is 9.08. The highest BCUT2D eigenvalue weighted by molar-refractivity contribution is 6.00. The van der Waals surface area contributed by atoms with Crippen LogP contribution in [0.5, 0.6) is 5.75 Å². The van der Waals surface area contributed by atoms with Gasteiger partial charge in [0.1, 0.15) is 12.4 Å². The van der Waals surface area contributed by atoms with E-state index in [0.717, 1.165) is 16.9 Å². The molecule has 4 nitrogen and oxygen atoms in total. The summed E-state index contributed by atoms with van der Waals surface area (Å²) >= 11 is 0. The Morgan fingerprint density at radius 2 is 1.54 bits per heavy atom. The zero-order chi connectivity index (χ0) is 19.9. The van der Waals surface area contributed by atoms with Crippen LogP contribution in [-0.4, -0.2) is 18.4 Å². The molecule has 3 rings (SSSR count). The molecular formula is C24H22O4. The first-order chi connectivity index (χ1) is 13.5. The number of benzene rings is 3. The van der Waals surface area contributed by atoms with Gasteiger partial charge >= 0.3 is 5.97 Å². The number of Topliss-reactive ketones (excluding diaryl/α,β-unsaturated/α-hetero) is 1. The van der Waals surface area contributed by atoms with E-state index in [2.05, 4.69) is 0 Å². The van der Waals surface area contributed by atoms with E-state index in [0.29, 0.717) is 16.7 Å². The van der Waals surface area contributed by atoms with E-state index in [-0.39, 0.29) is 19.0 Å². The molecule has 142 valence electrons. The summed E-state index contributed by atoms with van der Waals surface area (Å²) in [5.74, 6) is -0.0331. The van der Waals surface area contributed by atoms with E-state index in [9.17, 15) is 9.59 Å². The highest BCUT2D eigenvalue weighted by Crippen LogP contribution is 2.16. The number of para-hydroxylation sites is 1. The lowest BCUT2D eigenvalue weighted by atomic mass is 10.0. The van der Waals surface area contributed by atoms with Crippen molar-refractivity contribution < 1.29 is 19.1 Å². The molecule has 0 aliphatic heterocycles. The van der Waals surface area contributed by atoms with E-state index in [1.54, 1.807) is 12.1 Å². The van der Waals surface area contributed by atoms with Crippen LogP contribution in [0.15, 0.2) is 72.8 Å². The summed E-state index contributed by atoms with van der Waals surface area (Å²) in [6, 6.07) is 22.1. The normalized spacial score (nSPS) is 10.4. The Morgan fingerprint density at radius 1 is 0.821 bits per heavy atom. The van der Waals surface area contributed by atoms with Gasteiger partial charge in [-0.3, -0.25) is 4.79 Å². The third-order valence-electron chi connectivity index (χ3n) is 4.40. The van der Waals surface area contributed by atoms with Gasteiger partial charge in [-0.25, -0.2) is 4.79 Å². The lowest BCUT2D eigenvalue weighted by Crippen LogP contribution is -2.17. The number of ketones is 1. The van der Waals surface area contributed by atoms with Gasteiger partial charge in [-0.05, 0) is 43.7 Å². The molecule has 0 bridgehead atoms. The van der Waals surface area contributed by atoms with E-state index in [1.807, 2.05) is 74.5 Å². The van der Waals surface area contributed by atoms with Gasteiger partial charge in [0, 0.05) is 11.1 Å². The third kappa shape index (κ3) is 4.86. The number of hydrogen-bond donors (Lipinski definition) is 0. The van der Waals surface area contributed by atoms with E-state index in [1.165, 1.54) is 0 Å². The summed E-state index contributed by atoms with van der Waals surface area (Å²) in [6.45, 7) is 3.73. The molecule has 0 aliphatic rings. The van der Waals surface area contributed by atoms with Gasteiger partial charge < -0.3 is 9.47 Å². The molecule has 0 radical (unpaired) electrons. The fourth-order valence-electron chi connectivity index (χ4n) is 2.85. The van der Waals surface area contributed by atoms with Crippen molar-refractivity contribution in [2.45, 2.75) is 20.5 Å². The zero-order valence-corrected chi connectivity index (χ0v) is 16.0. The maximum Gasteiger partial charge on any atom is 0.338 e. The summed E-state index contributed by atoms with van der Waals surface area (Å²) in [5, 5.41) is 0. The van der Waals surface area contributed by atoms with Crippen molar-refractivity contribution in [1.29, 1.82) is 0 Å². The Hall–Kier alpha value is -3.40. The maximum absolute atomic E-state index is 12.5. The SMILES string of the molecule is Cc1ccc(C)c(C(=O)COC(=O)c2ccccc2COc2ccccc2)c1. The minimum absolute atomic E-state index is 0.215. The first-order valence-electron chi connectivity index (χ1n) is 9.08. The van der Waals surface area contributed by atoms with Crippen LogP contribution in [0.3, 0.4) is 0 Å². The van der Waals surface area contributed by atoms with Crippen molar-refractivity contribution in [2.75, 3.05) is 6.61 Å². The van der Waals surface area contributed by atoms with Crippen molar-refractivity contribution in [3.8, 4) is 5.75 Å². The lowest BCUT2D eigenvalue weighted by Gasteiger charge is -2.11. The molecule has 0 atom stereocenters. The predicted molar refractivity (Wildman–Crippen MR) is 108 cm³/mol. The van der Waals surface area contributed by atoms with Crippen LogP contribution in [0, 0.1) is 13.8 Å². The van der Waals surface area contributed by atoms with E-state index in [4.69, 9.17) is 9.47 Å². The lowest BCUT2D eigenvalue weighted by molar-refractivity contribution is 0.0472. The summed E-state index contributed by atoms with van der Waals surface area (Å²) in [4.78, 5) is 25.0. The number of carbonyl (C=O) groups excluding carboxylic acids is 2. The molecule has 0 N–H and O–H groups in total. The average molecular weight is 374 g/mol. The Morgan fingerprint density at radius 3 is 2.32 bits per heavy atom. The molecule has 0 spiro atoms. The quantitative estimate of drug-likeness (QED) is 0.435. The Labute approximate surface area is 164 Å². The van der Waals surface area contributed by atoms with Gasteiger partial charge in [0.05, 0.1) is 5.56 Å². The van der Waals surface area contributed by atoms with Crippen LogP contribution in [0.2, 0.25) is 0 Å². The highest BCUT2D eigenvalue weighted by Gasteiger charge is 2.16. The zero-order valence-electron chi connectivity index (χ0n) is 16.0. The number of carbonyl (C=O) groups is 2. The molecular weight excluding hydrogens is 352 g/mol. The topological polar surface area (TPSA) is 52.6 Å². The molecule has 0 saturated carbocycles. The standard InChI is InChI=1S/C24H22O4/c1-17-12-13-18(2)22(14-17)23(25)16-28-24(26)21-11-7-6-8-19(21)15-27-20-9-4-3-5-10-20/h3-14H,15-16H2,1-2H3. The van der Waals surface area contributed by atoms with Gasteiger partial charge in [0.15, 0.2) is 6.61 Å². The van der Waals surface area contributed by atoms with Gasteiger partial charge in [-0.15, -0.1) is 0 Å². The van der Waals surface area contributed by atoms with Gasteiger partial charge in [-0.1, -0.05) is 54.1 Å². The van der Waals surface area contributed by atoms with Crippen LogP contribution in [0.1, 0.15) is 37.4 Å². The molecule has 28 heavy (non-hydrogen) atoms. The minimum Gasteiger partial charge on any atom is -0.489 e. The van der Waals surface area contributed by atoms with Crippen LogP contribution >= 0.6 is 0 Å². The molecule has 0 heterocycles. The molecule has 0 aromatic heterocycles. The molecule has 3 aromatic carbocycles. The van der Waals surface area contributed by atoms with Crippen molar-refractivity contribution in [3.05, 3.63) is 101 Å². The van der Waals surface area contributed by atoms with Crippen LogP contribution in [0.25, 0.3) is 0 Å². The van der Waals surface area contributed by atoms with Crippen LogP contribution in [-0.2, 0) is 11.3 Å². The Balaban J connectivity index is 1.66. The Kier molecular flexibility index (Phi) is 6.22. The maximum atomic E-state index is 12.5. The van der Waals surface area contributed by atoms with Crippen LogP contribution < -0.4 is 4.74 Å². The molecule has 0 amide bonds. The monoisotopic (exact) mass is 374 g/mol. The fraction of sp³-hybridized carbons (Fsp3) is 0.167. The van der Waals surface area contributed by atoms with Crippen molar-refractivity contribution >= 4 is 11.8 Å². The van der Waals surface area contributed by atoms with Crippen molar-refractivity contribution in [1.82, 2.24) is 0 Å². The molecule has 0 fully saturated rings.